The van der Waals surface area contributed by atoms with Crippen LogP contribution in [0, 0.1) is 0 Å². The molecule has 6 N–H and O–H groups in total. The first-order chi connectivity index (χ1) is 28.6. The molecule has 18 nitrogen and oxygen atoms in total. The lowest BCUT2D eigenvalue weighted by atomic mass is 10.1. The average molecular weight is 853 g/mol. The molecule has 0 spiro atoms. The van der Waals surface area contributed by atoms with Gasteiger partial charge in [-0.15, -0.1) is 0 Å². The number of sulfonamides is 2. The van der Waals surface area contributed by atoms with Gasteiger partial charge in [0.1, 0.15) is 21.3 Å². The van der Waals surface area contributed by atoms with Crippen molar-refractivity contribution in [2.45, 2.75) is 22.6 Å². The molecule has 2 heterocycles. The summed E-state index contributed by atoms with van der Waals surface area (Å²) in [5, 5.41) is 24.5. The fraction of sp³-hybridized carbons (Fsp3) is 0.0500. The third-order valence-electron chi connectivity index (χ3n) is 8.11. The van der Waals surface area contributed by atoms with E-state index in [0.717, 1.165) is 36.7 Å². The van der Waals surface area contributed by atoms with Crippen molar-refractivity contribution in [3.05, 3.63) is 145 Å². The summed E-state index contributed by atoms with van der Waals surface area (Å²) in [5.74, 6) is -3.20. The van der Waals surface area contributed by atoms with Crippen LogP contribution >= 0.6 is 0 Å². The van der Waals surface area contributed by atoms with Gasteiger partial charge < -0.3 is 30.3 Å². The maximum Gasteiger partial charge on any atom is 0.337 e. The van der Waals surface area contributed by atoms with Gasteiger partial charge in [0, 0.05) is 36.3 Å². The Hall–Kier alpha value is -7.84. The minimum Gasteiger partial charge on any atom is -0.478 e. The molecule has 0 bridgehead atoms. The normalized spacial score (nSPS) is 11.1. The molecule has 0 aliphatic heterocycles. The van der Waals surface area contributed by atoms with Crippen molar-refractivity contribution >= 4 is 66.5 Å². The van der Waals surface area contributed by atoms with E-state index in [1.807, 2.05) is 0 Å². The van der Waals surface area contributed by atoms with Crippen LogP contribution in [0.3, 0.4) is 0 Å². The molecule has 0 unspecified atom stereocenters. The van der Waals surface area contributed by atoms with Crippen molar-refractivity contribution in [1.29, 1.82) is 0 Å². The highest BCUT2D eigenvalue weighted by Gasteiger charge is 2.22. The van der Waals surface area contributed by atoms with Gasteiger partial charge in [0.2, 0.25) is 23.6 Å². The van der Waals surface area contributed by atoms with Crippen LogP contribution in [-0.4, -0.2) is 60.8 Å². The van der Waals surface area contributed by atoms with E-state index in [0.29, 0.717) is 11.5 Å². The van der Waals surface area contributed by atoms with E-state index in [1.165, 1.54) is 36.4 Å². The Morgan fingerprint density at radius 3 is 1.23 bits per heavy atom. The molecule has 0 radical (unpaired) electrons. The lowest BCUT2D eigenvalue weighted by Gasteiger charge is -2.13. The lowest BCUT2D eigenvalue weighted by molar-refractivity contribution is -0.121. The molecule has 6 rings (SSSR count). The number of nitrogens with zero attached hydrogens (tertiary/aromatic N) is 2. The molecular formula is C40H32N6O12S2. The summed E-state index contributed by atoms with van der Waals surface area (Å²) in [6.45, 7) is 0. The van der Waals surface area contributed by atoms with Crippen molar-refractivity contribution in [2.24, 2.45) is 0 Å². The Labute approximate surface area is 342 Å². The number of hydrogen-bond acceptors (Lipinski definition) is 12. The number of carbonyl (C=O) groups is 4. The van der Waals surface area contributed by atoms with Crippen molar-refractivity contribution in [1.82, 2.24) is 9.97 Å². The first-order valence-electron chi connectivity index (χ1n) is 17.4. The third-order valence-corrected chi connectivity index (χ3v) is 10.8. The summed E-state index contributed by atoms with van der Waals surface area (Å²) in [6, 6.07) is 29.3. The Morgan fingerprint density at radius 2 is 0.900 bits per heavy atom. The fourth-order valence-electron chi connectivity index (χ4n) is 5.25. The number of aromatic nitrogens is 2. The van der Waals surface area contributed by atoms with Gasteiger partial charge >= 0.3 is 11.9 Å². The van der Waals surface area contributed by atoms with E-state index in [2.05, 4.69) is 30.0 Å². The van der Waals surface area contributed by atoms with Crippen LogP contribution in [0.1, 0.15) is 33.6 Å². The van der Waals surface area contributed by atoms with Gasteiger partial charge in [0.15, 0.2) is 0 Å². The second-order valence-electron chi connectivity index (χ2n) is 12.4. The molecule has 2 amide bonds. The highest BCUT2D eigenvalue weighted by molar-refractivity contribution is 7.93. The number of hydrogen-bond donors (Lipinski definition) is 6. The number of carbonyl (C=O) groups excluding carboxylic acids is 2. The molecule has 0 atom stereocenters. The molecule has 6 aromatic rings. The van der Waals surface area contributed by atoms with E-state index in [-0.39, 0.29) is 44.3 Å². The maximum absolute atomic E-state index is 13.1. The summed E-state index contributed by atoms with van der Waals surface area (Å²) in [5.41, 5.74) is -1.61. The zero-order valence-electron chi connectivity index (χ0n) is 30.8. The van der Waals surface area contributed by atoms with E-state index >= 15 is 0 Å². The first kappa shape index (κ1) is 41.8. The number of pyridine rings is 2. The zero-order valence-corrected chi connectivity index (χ0v) is 32.4. The zero-order chi connectivity index (χ0) is 42.9. The molecule has 0 aliphatic carbocycles. The molecule has 2 aromatic heterocycles. The van der Waals surface area contributed by atoms with Gasteiger partial charge in [0.05, 0.1) is 34.9 Å². The van der Waals surface area contributed by atoms with Crippen molar-refractivity contribution < 1.29 is 55.7 Å². The van der Waals surface area contributed by atoms with E-state index in [4.69, 9.17) is 9.47 Å². The highest BCUT2D eigenvalue weighted by Crippen LogP contribution is 2.28. The second kappa shape index (κ2) is 18.2. The monoisotopic (exact) mass is 852 g/mol. The number of rotatable bonds is 17. The largest absolute Gasteiger partial charge is 0.478 e. The quantitative estimate of drug-likeness (QED) is 0.0578. The Balaban J connectivity index is 1.03. The van der Waals surface area contributed by atoms with Crippen molar-refractivity contribution in [3.63, 3.8) is 0 Å². The SMILES string of the molecule is O=C(CCC(=O)Nc1ccc(NS(=O)(=O)c2ccc(Oc3ccccc3)nc2)c(C(=O)O)c1)Nc1ccc(NS(=O)(=O)c2ccc(Oc3ccccc3)nc2)c(C(=O)O)c1. The molecule has 0 fully saturated rings. The summed E-state index contributed by atoms with van der Waals surface area (Å²) in [4.78, 5) is 57.0. The minimum absolute atomic E-state index is 0.0128. The topological polar surface area (TPSA) is 269 Å². The van der Waals surface area contributed by atoms with Crippen LogP contribution < -0.4 is 29.6 Å². The number of carboxylic acids is 2. The summed E-state index contributed by atoms with van der Waals surface area (Å²) >= 11 is 0. The molecule has 0 saturated heterocycles. The summed E-state index contributed by atoms with van der Waals surface area (Å²) in [6.07, 6.45) is 1.29. The molecule has 4 aromatic carbocycles. The maximum atomic E-state index is 13.1. The van der Waals surface area contributed by atoms with Crippen LogP contribution in [0.25, 0.3) is 0 Å². The standard InChI is InChI=1S/C40H32N6O12S2/c47-35(43-25-11-15-33(31(21-25)39(49)50)45-59(53,54)29-13-19-37(41-23-29)57-27-7-3-1-4-8-27)17-18-36(48)44-26-12-16-34(32(22-26)40(51)52)46-60(55,56)30-14-20-38(42-24-30)58-28-9-5-2-6-10-28/h1-16,19-24,45-46H,17-18H2,(H,43,47)(H,44,48)(H,49,50)(H,51,52). The van der Waals surface area contributed by atoms with Gasteiger partial charge in [-0.05, 0) is 72.8 Å². The van der Waals surface area contributed by atoms with Crippen molar-refractivity contribution in [3.8, 4) is 23.3 Å². The number of ether oxygens (including phenoxy) is 2. The Bertz CT molecular complexity index is 2580. The van der Waals surface area contributed by atoms with E-state index in [1.54, 1.807) is 60.7 Å². The van der Waals surface area contributed by atoms with Gasteiger partial charge in [-0.25, -0.2) is 36.4 Å². The number of aromatic carboxylic acids is 2. The van der Waals surface area contributed by atoms with Gasteiger partial charge in [-0.1, -0.05) is 36.4 Å². The molecule has 20 heteroatoms. The highest BCUT2D eigenvalue weighted by atomic mass is 32.2. The number of carboxylic acid groups (broad SMARTS) is 2. The smallest absolute Gasteiger partial charge is 0.337 e. The van der Waals surface area contributed by atoms with Crippen LogP contribution in [0.15, 0.2) is 144 Å². The minimum atomic E-state index is -4.31. The molecule has 306 valence electrons. The number of anilines is 4. The second-order valence-corrected chi connectivity index (χ2v) is 15.8. The van der Waals surface area contributed by atoms with E-state index < -0.39 is 67.8 Å². The average Bonchev–Trinajstić information content (AvgIpc) is 3.22. The number of benzene rings is 4. The van der Waals surface area contributed by atoms with Gasteiger partial charge in [0.25, 0.3) is 20.0 Å². The van der Waals surface area contributed by atoms with Gasteiger partial charge in [-0.2, -0.15) is 0 Å². The third kappa shape index (κ3) is 11.0. The molecule has 0 saturated carbocycles. The first-order valence-corrected chi connectivity index (χ1v) is 20.4. The Kier molecular flexibility index (Phi) is 12.7. The number of nitrogens with one attached hydrogen (secondary N) is 4. The number of para-hydroxylation sites is 2. The fourth-order valence-corrected chi connectivity index (χ4v) is 7.30. The number of amides is 2. The van der Waals surface area contributed by atoms with E-state index in [9.17, 15) is 46.2 Å². The van der Waals surface area contributed by atoms with Crippen LogP contribution in [0.4, 0.5) is 22.7 Å². The molecular weight excluding hydrogens is 821 g/mol. The lowest BCUT2D eigenvalue weighted by Crippen LogP contribution is -2.19. The Morgan fingerprint density at radius 1 is 0.517 bits per heavy atom. The summed E-state index contributed by atoms with van der Waals surface area (Å²) < 4.78 is 67.8. The predicted octanol–water partition coefficient (Wildman–Crippen LogP) is 6.42. The predicted molar refractivity (Wildman–Crippen MR) is 216 cm³/mol. The van der Waals surface area contributed by atoms with Gasteiger partial charge in [-0.3, -0.25) is 19.0 Å². The van der Waals surface area contributed by atoms with Crippen LogP contribution in [0.5, 0.6) is 23.3 Å². The van der Waals surface area contributed by atoms with Crippen LogP contribution in [0.2, 0.25) is 0 Å². The molecule has 0 aliphatic rings. The van der Waals surface area contributed by atoms with Crippen molar-refractivity contribution in [2.75, 3.05) is 20.1 Å². The van der Waals surface area contributed by atoms with Crippen LogP contribution in [-0.2, 0) is 29.6 Å². The molecule has 60 heavy (non-hydrogen) atoms. The summed E-state index contributed by atoms with van der Waals surface area (Å²) in [7, 11) is -8.62.